The minimum atomic E-state index is 0.428. The highest BCUT2D eigenvalue weighted by atomic mass is 31.1. The molecule has 1 aliphatic rings. The monoisotopic (exact) mass is 140 g/mol. The van der Waals surface area contributed by atoms with Crippen LogP contribution in [0.15, 0.2) is 12.6 Å². The maximum Gasteiger partial charge on any atom is 0.166 e. The van der Waals surface area contributed by atoms with Crippen molar-refractivity contribution in [2.75, 3.05) is 19.0 Å². The Morgan fingerprint density at radius 2 is 2.00 bits per heavy atom. The number of rotatable bonds is 1. The molecule has 0 aromatic heterocycles. The lowest BCUT2D eigenvalue weighted by molar-refractivity contribution is 1.27. The summed E-state index contributed by atoms with van der Waals surface area (Å²) in [5.74, 6) is 2.13. The van der Waals surface area contributed by atoms with Crippen molar-refractivity contribution in [3.63, 3.8) is 0 Å². The molecule has 0 aromatic rings. The fourth-order valence-electron chi connectivity index (χ4n) is 1.26. The molecule has 0 atom stereocenters. The highest BCUT2D eigenvalue weighted by molar-refractivity contribution is 7.57. The fourth-order valence-corrected chi connectivity index (χ4v) is 3.03. The molecule has 0 aromatic carbocycles. The van der Waals surface area contributed by atoms with Crippen molar-refractivity contribution < 1.29 is 0 Å². The van der Waals surface area contributed by atoms with Crippen molar-refractivity contribution in [1.82, 2.24) is 0 Å². The Balaban J connectivity index is 2.26. The Kier molecular flexibility index (Phi) is 2.79. The zero-order valence-corrected chi connectivity index (χ0v) is 7.03. The molecule has 0 aliphatic carbocycles. The van der Waals surface area contributed by atoms with Crippen LogP contribution in [0.25, 0.3) is 0 Å². The maximum atomic E-state index is 3.82. The van der Waals surface area contributed by atoms with E-state index in [1.165, 1.54) is 25.0 Å². The van der Waals surface area contributed by atoms with Crippen molar-refractivity contribution in [3.8, 4) is 0 Å². The Labute approximate surface area is 59.6 Å². The molecule has 0 unspecified atom stereocenters. The third kappa shape index (κ3) is 2.14. The second-order valence-corrected chi connectivity index (χ2v) is 5.48. The van der Waals surface area contributed by atoms with E-state index in [1.54, 1.807) is 0 Å². The molecule has 2 heteroatoms. The van der Waals surface area contributed by atoms with Crippen LogP contribution in [0.3, 0.4) is 0 Å². The lowest BCUT2D eigenvalue weighted by Gasteiger charge is -2.21. The van der Waals surface area contributed by atoms with Gasteiger partial charge in [0.05, 0.1) is 0 Å². The molecule has 1 rings (SSSR count). The topological polar surface area (TPSA) is 0 Å². The molecule has 1 aliphatic heterocycles. The highest BCUT2D eigenvalue weighted by Crippen LogP contribution is 2.37. The smallest absolute Gasteiger partial charge is 0.122 e. The van der Waals surface area contributed by atoms with Crippen LogP contribution in [-0.2, 0) is 0 Å². The van der Waals surface area contributed by atoms with Gasteiger partial charge in [-0.1, -0.05) is 12.6 Å². The lowest BCUT2D eigenvalue weighted by Crippen LogP contribution is -2.17. The molecule has 0 bridgehead atoms. The average molecular weight is 140 g/mol. The molecule has 0 amide bonds. The third-order valence-corrected chi connectivity index (χ3v) is 4.14. The van der Waals surface area contributed by atoms with E-state index in [9.17, 15) is 0 Å². The summed E-state index contributed by atoms with van der Waals surface area (Å²) in [5.41, 5.74) is 0. The number of hydrogen-bond acceptors (Lipinski definition) is 0. The predicted molar refractivity (Wildman–Crippen MR) is 48.1 cm³/mol. The van der Waals surface area contributed by atoms with Crippen LogP contribution in [0.4, 0.5) is 0 Å². The van der Waals surface area contributed by atoms with E-state index < -0.39 is 0 Å². The van der Waals surface area contributed by atoms with Crippen molar-refractivity contribution in [3.05, 3.63) is 12.6 Å². The van der Waals surface area contributed by atoms with Gasteiger partial charge in [0.1, 0.15) is 0 Å². The minimum Gasteiger partial charge on any atom is -0.122 e. The summed E-state index contributed by atoms with van der Waals surface area (Å²) in [6.07, 6.45) is 5.77. The van der Waals surface area contributed by atoms with Gasteiger partial charge in [0.2, 0.25) is 0 Å². The van der Waals surface area contributed by atoms with Crippen LogP contribution in [0.5, 0.6) is 0 Å². The van der Waals surface area contributed by atoms with Gasteiger partial charge in [-0.3, -0.25) is 0 Å². The van der Waals surface area contributed by atoms with Gasteiger partial charge in [-0.2, -0.15) is 0 Å². The van der Waals surface area contributed by atoms with E-state index in [1.807, 2.05) is 0 Å². The van der Waals surface area contributed by atoms with Crippen molar-refractivity contribution in [2.45, 2.75) is 12.6 Å². The van der Waals surface area contributed by atoms with Gasteiger partial charge in [-0.05, 0) is 19.0 Å². The first-order chi connectivity index (χ1) is 4.33. The minimum absolute atomic E-state index is 0.428. The summed E-state index contributed by atoms with van der Waals surface area (Å²) in [5, 5.41) is 0. The Bertz CT molecular complexity index is 95.1. The summed E-state index contributed by atoms with van der Waals surface area (Å²) >= 11 is 0. The van der Waals surface area contributed by atoms with Gasteiger partial charge in [-0.25, -0.2) is 0 Å². The molecule has 0 nitrogen and oxygen atoms in total. The van der Waals surface area contributed by atoms with E-state index in [0.29, 0.717) is 7.92 Å². The summed E-state index contributed by atoms with van der Waals surface area (Å²) in [6.45, 7) is 7.08. The second-order valence-electron chi connectivity index (χ2n) is 2.88. The second kappa shape index (κ2) is 3.41. The van der Waals surface area contributed by atoms with Gasteiger partial charge < -0.3 is 0 Å². The van der Waals surface area contributed by atoms with Crippen LogP contribution >= 0.6 is 7.92 Å². The Hall–Kier alpha value is 0.235. The molecule has 1 heterocycles. The fraction of sp³-hybridized carbons (Fsp3) is 0.714. The SMILES string of the molecule is C=CB1CCP(C)CC1. The van der Waals surface area contributed by atoms with Gasteiger partial charge >= 0.3 is 0 Å². The quantitative estimate of drug-likeness (QED) is 0.387. The molecule has 50 valence electrons. The summed E-state index contributed by atoms with van der Waals surface area (Å²) < 4.78 is 0. The maximum absolute atomic E-state index is 3.82. The first-order valence-corrected chi connectivity index (χ1v) is 5.80. The first kappa shape index (κ1) is 7.34. The number of hydrogen-bond donors (Lipinski definition) is 0. The largest absolute Gasteiger partial charge is 0.166 e. The van der Waals surface area contributed by atoms with Crippen LogP contribution in [0.1, 0.15) is 0 Å². The Morgan fingerprint density at radius 3 is 2.44 bits per heavy atom. The van der Waals surface area contributed by atoms with E-state index in [2.05, 4.69) is 19.2 Å². The van der Waals surface area contributed by atoms with Crippen molar-refractivity contribution >= 4 is 14.6 Å². The summed E-state index contributed by atoms with van der Waals surface area (Å²) in [4.78, 5) is 0. The molecule has 0 radical (unpaired) electrons. The first-order valence-electron chi connectivity index (χ1n) is 3.64. The van der Waals surface area contributed by atoms with Gasteiger partial charge in [0.15, 0.2) is 6.71 Å². The standard InChI is InChI=1S/C7H14BP/c1-3-8-4-6-9(2)7-5-8/h3H,1,4-7H2,2H3. The van der Waals surface area contributed by atoms with Crippen LogP contribution in [0.2, 0.25) is 12.6 Å². The zero-order chi connectivity index (χ0) is 6.69. The van der Waals surface area contributed by atoms with Crippen LogP contribution < -0.4 is 0 Å². The van der Waals surface area contributed by atoms with Crippen molar-refractivity contribution in [2.24, 2.45) is 0 Å². The van der Waals surface area contributed by atoms with E-state index in [0.717, 1.165) is 6.71 Å². The van der Waals surface area contributed by atoms with E-state index >= 15 is 0 Å². The van der Waals surface area contributed by atoms with E-state index in [4.69, 9.17) is 0 Å². The lowest BCUT2D eigenvalue weighted by atomic mass is 9.46. The Morgan fingerprint density at radius 1 is 1.44 bits per heavy atom. The summed E-state index contributed by atoms with van der Waals surface area (Å²) in [7, 11) is 0.428. The zero-order valence-electron chi connectivity index (χ0n) is 6.14. The highest BCUT2D eigenvalue weighted by Gasteiger charge is 2.17. The average Bonchev–Trinajstić information content (AvgIpc) is 1.90. The summed E-state index contributed by atoms with van der Waals surface area (Å²) in [6, 6.07) is 0. The van der Waals surface area contributed by atoms with Crippen LogP contribution in [-0.4, -0.2) is 25.7 Å². The predicted octanol–water partition coefficient (Wildman–Crippen LogP) is 2.33. The van der Waals surface area contributed by atoms with Gasteiger partial charge in [-0.15, -0.1) is 20.5 Å². The van der Waals surface area contributed by atoms with Gasteiger partial charge in [0, 0.05) is 0 Å². The molecule has 0 spiro atoms. The van der Waals surface area contributed by atoms with E-state index in [-0.39, 0.29) is 0 Å². The third-order valence-electron chi connectivity index (χ3n) is 2.10. The molecule has 1 saturated heterocycles. The molecule has 9 heavy (non-hydrogen) atoms. The molecular weight excluding hydrogens is 126 g/mol. The molecule has 1 fully saturated rings. The van der Waals surface area contributed by atoms with Crippen molar-refractivity contribution in [1.29, 1.82) is 0 Å². The molecule has 0 saturated carbocycles. The van der Waals surface area contributed by atoms with Gasteiger partial charge in [0.25, 0.3) is 0 Å². The molecular formula is C7H14BP. The molecule has 0 N–H and O–H groups in total. The normalized spacial score (nSPS) is 22.1. The van der Waals surface area contributed by atoms with Crippen LogP contribution in [0, 0.1) is 0 Å².